The fourth-order valence-electron chi connectivity index (χ4n) is 1.54. The average Bonchev–Trinajstić information content (AvgIpc) is 2.55. The van der Waals surface area contributed by atoms with Crippen LogP contribution < -0.4 is 0 Å². The van der Waals surface area contributed by atoms with Gasteiger partial charge in [0.1, 0.15) is 11.3 Å². The van der Waals surface area contributed by atoms with Gasteiger partial charge in [0.05, 0.1) is 6.20 Å². The molecule has 0 saturated carbocycles. The summed E-state index contributed by atoms with van der Waals surface area (Å²) in [7, 11) is 0. The molecule has 0 radical (unpaired) electrons. The van der Waals surface area contributed by atoms with Crippen molar-refractivity contribution in [3.63, 3.8) is 0 Å². The minimum absolute atomic E-state index is 0.0424. The van der Waals surface area contributed by atoms with Gasteiger partial charge in [-0.05, 0) is 31.0 Å². The van der Waals surface area contributed by atoms with E-state index in [0.717, 1.165) is 11.2 Å². The number of ketones is 1. The number of aromatic nitrogens is 2. The predicted molar refractivity (Wildman–Crippen MR) is 54.7 cm³/mol. The lowest BCUT2D eigenvalue weighted by Gasteiger charge is -2.03. The molecule has 0 aliphatic heterocycles. The second kappa shape index (κ2) is 2.94. The van der Waals surface area contributed by atoms with E-state index in [-0.39, 0.29) is 5.78 Å². The quantitative estimate of drug-likeness (QED) is 0.642. The molecule has 14 heavy (non-hydrogen) atoms. The minimum Gasteiger partial charge on any atom is -0.297 e. The second-order valence-electron chi connectivity index (χ2n) is 3.52. The maximum Gasteiger partial charge on any atom is 0.178 e. The summed E-state index contributed by atoms with van der Waals surface area (Å²) < 4.78 is 1.84. The SMILES string of the molecule is CC(=O)c1cnc2c(C)c(C)ccn12. The Morgan fingerprint density at radius 3 is 2.79 bits per heavy atom. The average molecular weight is 188 g/mol. The van der Waals surface area contributed by atoms with E-state index < -0.39 is 0 Å². The molecule has 2 rings (SSSR count). The van der Waals surface area contributed by atoms with Gasteiger partial charge in [-0.15, -0.1) is 0 Å². The molecule has 2 aromatic heterocycles. The molecule has 0 N–H and O–H groups in total. The predicted octanol–water partition coefficient (Wildman–Crippen LogP) is 2.15. The summed E-state index contributed by atoms with van der Waals surface area (Å²) in [5, 5.41) is 0. The maximum absolute atomic E-state index is 11.3. The van der Waals surface area contributed by atoms with Gasteiger partial charge < -0.3 is 0 Å². The summed E-state index contributed by atoms with van der Waals surface area (Å²) in [6, 6.07) is 2.00. The van der Waals surface area contributed by atoms with Gasteiger partial charge in [0.2, 0.25) is 0 Å². The van der Waals surface area contributed by atoms with E-state index in [9.17, 15) is 4.79 Å². The molecule has 3 nitrogen and oxygen atoms in total. The van der Waals surface area contributed by atoms with Gasteiger partial charge >= 0.3 is 0 Å². The highest BCUT2D eigenvalue weighted by Crippen LogP contribution is 2.15. The summed E-state index contributed by atoms with van der Waals surface area (Å²) >= 11 is 0. The van der Waals surface area contributed by atoms with E-state index in [0.29, 0.717) is 5.69 Å². The molecule has 0 atom stereocenters. The minimum atomic E-state index is 0.0424. The highest BCUT2D eigenvalue weighted by Gasteiger charge is 2.09. The molecular weight excluding hydrogens is 176 g/mol. The van der Waals surface area contributed by atoms with Gasteiger partial charge in [-0.1, -0.05) is 0 Å². The zero-order valence-corrected chi connectivity index (χ0v) is 8.53. The zero-order chi connectivity index (χ0) is 10.3. The van der Waals surface area contributed by atoms with Crippen molar-refractivity contribution in [3.8, 4) is 0 Å². The van der Waals surface area contributed by atoms with Crippen LogP contribution in [0.2, 0.25) is 0 Å². The van der Waals surface area contributed by atoms with Gasteiger partial charge in [0, 0.05) is 13.1 Å². The summed E-state index contributed by atoms with van der Waals surface area (Å²) in [5.74, 6) is 0.0424. The number of rotatable bonds is 1. The molecule has 0 aliphatic carbocycles. The lowest BCUT2D eigenvalue weighted by Crippen LogP contribution is -1.99. The van der Waals surface area contributed by atoms with Crippen LogP contribution in [0.1, 0.15) is 28.5 Å². The zero-order valence-electron chi connectivity index (χ0n) is 8.53. The molecule has 0 unspecified atom stereocenters. The monoisotopic (exact) mass is 188 g/mol. The number of imidazole rings is 1. The molecule has 0 aromatic carbocycles. The van der Waals surface area contributed by atoms with Crippen LogP contribution in [0.15, 0.2) is 18.5 Å². The number of nitrogens with zero attached hydrogens (tertiary/aromatic N) is 2. The number of fused-ring (bicyclic) bond motifs is 1. The van der Waals surface area contributed by atoms with Crippen LogP contribution in [0.3, 0.4) is 0 Å². The summed E-state index contributed by atoms with van der Waals surface area (Å²) in [5.41, 5.74) is 3.83. The van der Waals surface area contributed by atoms with Crippen molar-refractivity contribution >= 4 is 11.4 Å². The van der Waals surface area contributed by atoms with Crippen molar-refractivity contribution < 1.29 is 4.79 Å². The number of carbonyl (C=O) groups is 1. The number of pyridine rings is 1. The second-order valence-corrected chi connectivity index (χ2v) is 3.52. The standard InChI is InChI=1S/C11H12N2O/c1-7-4-5-13-10(9(3)14)6-12-11(13)8(7)2/h4-6H,1-3H3. The van der Waals surface area contributed by atoms with Crippen LogP contribution in [0.5, 0.6) is 0 Å². The molecule has 3 heteroatoms. The highest BCUT2D eigenvalue weighted by atomic mass is 16.1. The van der Waals surface area contributed by atoms with Crippen molar-refractivity contribution in [2.24, 2.45) is 0 Å². The first-order valence-corrected chi connectivity index (χ1v) is 4.55. The Balaban J connectivity index is 2.83. The summed E-state index contributed by atoms with van der Waals surface area (Å²) in [6.07, 6.45) is 3.52. The first-order valence-electron chi connectivity index (χ1n) is 4.55. The Morgan fingerprint density at radius 1 is 1.43 bits per heavy atom. The van der Waals surface area contributed by atoms with E-state index in [2.05, 4.69) is 4.98 Å². The van der Waals surface area contributed by atoms with Crippen LogP contribution in [-0.4, -0.2) is 15.2 Å². The van der Waals surface area contributed by atoms with E-state index in [4.69, 9.17) is 0 Å². The fraction of sp³-hybridized carbons (Fsp3) is 0.273. The van der Waals surface area contributed by atoms with Crippen LogP contribution in [0, 0.1) is 13.8 Å². The first kappa shape index (κ1) is 8.94. The van der Waals surface area contributed by atoms with Crippen LogP contribution in [-0.2, 0) is 0 Å². The largest absolute Gasteiger partial charge is 0.297 e. The Morgan fingerprint density at radius 2 is 2.14 bits per heavy atom. The Hall–Kier alpha value is -1.64. The number of hydrogen-bond donors (Lipinski definition) is 0. The molecular formula is C11H12N2O. The first-order chi connectivity index (χ1) is 6.61. The molecule has 2 heterocycles. The number of aryl methyl sites for hydroxylation is 2. The highest BCUT2D eigenvalue weighted by molar-refractivity contribution is 5.93. The van der Waals surface area contributed by atoms with Gasteiger partial charge in [-0.3, -0.25) is 9.20 Å². The van der Waals surface area contributed by atoms with E-state index >= 15 is 0 Å². The lowest BCUT2D eigenvalue weighted by molar-refractivity contribution is 0.101. The normalized spacial score (nSPS) is 10.8. The molecule has 72 valence electrons. The van der Waals surface area contributed by atoms with Crippen LogP contribution in [0.25, 0.3) is 5.65 Å². The lowest BCUT2D eigenvalue weighted by atomic mass is 10.2. The molecule has 0 spiro atoms. The number of carbonyl (C=O) groups excluding carboxylic acids is 1. The van der Waals surface area contributed by atoms with Crippen molar-refractivity contribution in [1.82, 2.24) is 9.38 Å². The fourth-order valence-corrected chi connectivity index (χ4v) is 1.54. The third kappa shape index (κ3) is 1.13. The van der Waals surface area contributed by atoms with Crippen molar-refractivity contribution in [2.75, 3.05) is 0 Å². The maximum atomic E-state index is 11.3. The Kier molecular flexibility index (Phi) is 1.88. The smallest absolute Gasteiger partial charge is 0.178 e. The number of hydrogen-bond acceptors (Lipinski definition) is 2. The molecule has 0 fully saturated rings. The summed E-state index contributed by atoms with van der Waals surface area (Å²) in [4.78, 5) is 15.5. The summed E-state index contributed by atoms with van der Waals surface area (Å²) in [6.45, 7) is 5.61. The van der Waals surface area contributed by atoms with Gasteiger partial charge in [0.25, 0.3) is 0 Å². The number of Topliss-reactive ketones (excluding diaryl/α,β-unsaturated/α-hetero) is 1. The van der Waals surface area contributed by atoms with Crippen LogP contribution in [0.4, 0.5) is 0 Å². The third-order valence-electron chi connectivity index (χ3n) is 2.56. The van der Waals surface area contributed by atoms with E-state index in [1.807, 2.05) is 30.5 Å². The van der Waals surface area contributed by atoms with Gasteiger partial charge in [-0.25, -0.2) is 4.98 Å². The van der Waals surface area contributed by atoms with E-state index in [1.54, 1.807) is 13.1 Å². The molecule has 0 aliphatic rings. The Bertz CT molecular complexity index is 511. The third-order valence-corrected chi connectivity index (χ3v) is 2.56. The molecule has 0 bridgehead atoms. The van der Waals surface area contributed by atoms with Crippen molar-refractivity contribution in [2.45, 2.75) is 20.8 Å². The molecule has 0 amide bonds. The van der Waals surface area contributed by atoms with E-state index in [1.165, 1.54) is 5.56 Å². The van der Waals surface area contributed by atoms with Crippen molar-refractivity contribution in [1.29, 1.82) is 0 Å². The molecule has 2 aromatic rings. The van der Waals surface area contributed by atoms with Crippen molar-refractivity contribution in [3.05, 3.63) is 35.3 Å². The topological polar surface area (TPSA) is 34.4 Å². The van der Waals surface area contributed by atoms with Gasteiger partial charge in [-0.2, -0.15) is 0 Å². The molecule has 0 saturated heterocycles. The van der Waals surface area contributed by atoms with Crippen LogP contribution >= 0.6 is 0 Å². The van der Waals surface area contributed by atoms with Gasteiger partial charge in [0.15, 0.2) is 5.78 Å². The Labute approximate surface area is 82.4 Å².